The van der Waals surface area contributed by atoms with E-state index in [1.54, 1.807) is 24.5 Å². The van der Waals surface area contributed by atoms with E-state index in [9.17, 15) is 9.59 Å². The topological polar surface area (TPSA) is 88.9 Å². The molecule has 1 aromatic carbocycles. The fourth-order valence-corrected chi connectivity index (χ4v) is 3.62. The van der Waals surface area contributed by atoms with Gasteiger partial charge in [-0.05, 0) is 42.8 Å². The minimum atomic E-state index is -0.195. The van der Waals surface area contributed by atoms with Gasteiger partial charge in [0.05, 0.1) is 11.4 Å². The van der Waals surface area contributed by atoms with E-state index in [0.717, 1.165) is 22.1 Å². The third-order valence-electron chi connectivity index (χ3n) is 4.21. The number of carbonyl (C=O) groups excluding carboxylic acids is 2. The molecule has 0 saturated heterocycles. The molecule has 7 nitrogen and oxygen atoms in total. The number of rotatable bonds is 4. The molecule has 27 heavy (non-hydrogen) atoms. The lowest BCUT2D eigenvalue weighted by Gasteiger charge is -2.17. The molecule has 0 bridgehead atoms. The molecule has 0 atom stereocenters. The molecule has 2 aromatic heterocycles. The molecule has 136 valence electrons. The lowest BCUT2D eigenvalue weighted by Crippen LogP contribution is -2.24. The van der Waals surface area contributed by atoms with E-state index < -0.39 is 0 Å². The predicted octanol–water partition coefficient (Wildman–Crippen LogP) is 2.55. The summed E-state index contributed by atoms with van der Waals surface area (Å²) < 4.78 is 1.88. The van der Waals surface area contributed by atoms with Gasteiger partial charge in [0.2, 0.25) is 5.91 Å². The number of fused-ring (bicyclic) bond motifs is 1. The zero-order valence-corrected chi connectivity index (χ0v) is 15.4. The molecule has 8 heteroatoms. The van der Waals surface area contributed by atoms with Crippen LogP contribution in [0.5, 0.6) is 0 Å². The number of aromatic nitrogens is 3. The SMILES string of the molecule is Cc1nccn1-c1cc(CNC(=O)c2ccc3c(c2)NC(=O)CS3)ccn1. The summed E-state index contributed by atoms with van der Waals surface area (Å²) in [7, 11) is 0. The van der Waals surface area contributed by atoms with Gasteiger partial charge in [-0.1, -0.05) is 0 Å². The predicted molar refractivity (Wildman–Crippen MR) is 103 cm³/mol. The minimum Gasteiger partial charge on any atom is -0.348 e. The Morgan fingerprint density at radius 1 is 1.26 bits per heavy atom. The summed E-state index contributed by atoms with van der Waals surface area (Å²) in [4.78, 5) is 33.5. The first kappa shape index (κ1) is 17.3. The Kier molecular flexibility index (Phi) is 4.64. The van der Waals surface area contributed by atoms with E-state index in [1.165, 1.54) is 11.8 Å². The first-order valence-corrected chi connectivity index (χ1v) is 9.39. The Balaban J connectivity index is 1.46. The zero-order chi connectivity index (χ0) is 18.8. The summed E-state index contributed by atoms with van der Waals surface area (Å²) in [6.07, 6.45) is 5.28. The van der Waals surface area contributed by atoms with E-state index in [1.807, 2.05) is 35.9 Å². The number of anilines is 1. The smallest absolute Gasteiger partial charge is 0.251 e. The van der Waals surface area contributed by atoms with Gasteiger partial charge in [0.25, 0.3) is 5.91 Å². The van der Waals surface area contributed by atoms with Crippen LogP contribution in [0.2, 0.25) is 0 Å². The summed E-state index contributed by atoms with van der Waals surface area (Å²) in [5.74, 6) is 1.76. The Hall–Kier alpha value is -3.13. The molecule has 0 fully saturated rings. The number of nitrogens with one attached hydrogen (secondary N) is 2. The third-order valence-corrected chi connectivity index (χ3v) is 5.28. The number of aryl methyl sites for hydroxylation is 1. The van der Waals surface area contributed by atoms with Gasteiger partial charge >= 0.3 is 0 Å². The monoisotopic (exact) mass is 379 g/mol. The number of carbonyl (C=O) groups is 2. The van der Waals surface area contributed by atoms with Gasteiger partial charge in [-0.2, -0.15) is 0 Å². The van der Waals surface area contributed by atoms with Crippen molar-refractivity contribution in [3.05, 3.63) is 65.9 Å². The summed E-state index contributed by atoms with van der Waals surface area (Å²) in [5.41, 5.74) is 2.13. The molecule has 1 aliphatic heterocycles. The van der Waals surface area contributed by atoms with Crippen molar-refractivity contribution in [3.8, 4) is 5.82 Å². The average molecular weight is 379 g/mol. The third kappa shape index (κ3) is 3.70. The maximum atomic E-state index is 12.5. The second kappa shape index (κ2) is 7.24. The quantitative estimate of drug-likeness (QED) is 0.727. The van der Waals surface area contributed by atoms with Crippen LogP contribution in [0.15, 0.2) is 53.8 Å². The van der Waals surface area contributed by atoms with Crippen LogP contribution < -0.4 is 10.6 Å². The standard InChI is InChI=1S/C19H17N5O2S/c1-12-20-6-7-24(12)17-8-13(4-5-21-17)10-22-19(26)14-2-3-16-15(9-14)23-18(25)11-27-16/h2-9H,10-11H2,1H3,(H,22,26)(H,23,25). The summed E-state index contributed by atoms with van der Waals surface area (Å²) in [5, 5.41) is 5.71. The van der Waals surface area contributed by atoms with Gasteiger partial charge in [-0.3, -0.25) is 14.2 Å². The van der Waals surface area contributed by atoms with Crippen molar-refractivity contribution < 1.29 is 9.59 Å². The van der Waals surface area contributed by atoms with Crippen molar-refractivity contribution in [2.75, 3.05) is 11.1 Å². The number of hydrogen-bond donors (Lipinski definition) is 2. The van der Waals surface area contributed by atoms with Gasteiger partial charge in [-0.25, -0.2) is 9.97 Å². The lowest BCUT2D eigenvalue weighted by molar-refractivity contribution is -0.113. The zero-order valence-electron chi connectivity index (χ0n) is 14.6. The maximum absolute atomic E-state index is 12.5. The molecular formula is C19H17N5O2S. The van der Waals surface area contributed by atoms with Crippen LogP contribution in [0.25, 0.3) is 5.82 Å². The molecular weight excluding hydrogens is 362 g/mol. The van der Waals surface area contributed by atoms with Crippen molar-refractivity contribution in [1.29, 1.82) is 0 Å². The Bertz CT molecular complexity index is 1030. The Morgan fingerprint density at radius 2 is 2.15 bits per heavy atom. The fraction of sp³-hybridized carbons (Fsp3) is 0.158. The second-order valence-corrected chi connectivity index (χ2v) is 7.11. The molecule has 0 aliphatic carbocycles. The largest absolute Gasteiger partial charge is 0.348 e. The fourth-order valence-electron chi connectivity index (χ4n) is 2.83. The van der Waals surface area contributed by atoms with Crippen LogP contribution in [0, 0.1) is 6.92 Å². The number of amides is 2. The molecule has 3 aromatic rings. The number of nitrogens with zero attached hydrogens (tertiary/aromatic N) is 3. The van der Waals surface area contributed by atoms with Crippen LogP contribution in [0.4, 0.5) is 5.69 Å². The van der Waals surface area contributed by atoms with Crippen LogP contribution in [0.3, 0.4) is 0 Å². The summed E-state index contributed by atoms with van der Waals surface area (Å²) in [6, 6.07) is 9.12. The molecule has 0 unspecified atom stereocenters. The maximum Gasteiger partial charge on any atom is 0.251 e. The highest BCUT2D eigenvalue weighted by atomic mass is 32.2. The number of hydrogen-bond acceptors (Lipinski definition) is 5. The molecule has 2 amide bonds. The second-order valence-electron chi connectivity index (χ2n) is 6.10. The van der Waals surface area contributed by atoms with E-state index >= 15 is 0 Å². The lowest BCUT2D eigenvalue weighted by atomic mass is 10.1. The Morgan fingerprint density at radius 3 is 2.96 bits per heavy atom. The number of pyridine rings is 1. The normalized spacial score (nSPS) is 13.0. The van der Waals surface area contributed by atoms with Crippen LogP contribution >= 0.6 is 11.8 Å². The van der Waals surface area contributed by atoms with Crippen LogP contribution in [0.1, 0.15) is 21.7 Å². The molecule has 0 radical (unpaired) electrons. The number of imidazole rings is 1. The minimum absolute atomic E-state index is 0.0517. The van der Waals surface area contributed by atoms with Crippen LogP contribution in [-0.4, -0.2) is 32.1 Å². The average Bonchev–Trinajstić information content (AvgIpc) is 3.11. The highest BCUT2D eigenvalue weighted by molar-refractivity contribution is 8.00. The number of benzene rings is 1. The van der Waals surface area contributed by atoms with E-state index in [2.05, 4.69) is 20.6 Å². The molecule has 2 N–H and O–H groups in total. The summed E-state index contributed by atoms with van der Waals surface area (Å²) in [6.45, 7) is 2.28. The van der Waals surface area contributed by atoms with E-state index in [4.69, 9.17) is 0 Å². The molecule has 4 rings (SSSR count). The van der Waals surface area contributed by atoms with Gasteiger partial charge in [0.15, 0.2) is 0 Å². The van der Waals surface area contributed by atoms with Crippen molar-refractivity contribution >= 4 is 29.3 Å². The van der Waals surface area contributed by atoms with Crippen molar-refractivity contribution in [3.63, 3.8) is 0 Å². The van der Waals surface area contributed by atoms with Crippen molar-refractivity contribution in [2.24, 2.45) is 0 Å². The van der Waals surface area contributed by atoms with Gasteiger partial charge in [0, 0.05) is 35.6 Å². The first-order chi connectivity index (χ1) is 13.1. The highest BCUT2D eigenvalue weighted by Crippen LogP contribution is 2.31. The van der Waals surface area contributed by atoms with Gasteiger partial charge < -0.3 is 10.6 Å². The number of thioether (sulfide) groups is 1. The molecule has 1 aliphatic rings. The van der Waals surface area contributed by atoms with Crippen LogP contribution in [-0.2, 0) is 11.3 Å². The van der Waals surface area contributed by atoms with Gasteiger partial charge in [0.1, 0.15) is 11.6 Å². The van der Waals surface area contributed by atoms with Crippen molar-refractivity contribution in [2.45, 2.75) is 18.4 Å². The molecule has 0 spiro atoms. The highest BCUT2D eigenvalue weighted by Gasteiger charge is 2.17. The molecule has 0 saturated carbocycles. The van der Waals surface area contributed by atoms with Gasteiger partial charge in [-0.15, -0.1) is 11.8 Å². The van der Waals surface area contributed by atoms with Crippen molar-refractivity contribution in [1.82, 2.24) is 19.9 Å². The van der Waals surface area contributed by atoms with E-state index in [0.29, 0.717) is 23.5 Å². The Labute approximate surface area is 160 Å². The first-order valence-electron chi connectivity index (χ1n) is 8.40. The molecule has 3 heterocycles. The van der Waals surface area contributed by atoms with E-state index in [-0.39, 0.29) is 11.8 Å². The summed E-state index contributed by atoms with van der Waals surface area (Å²) >= 11 is 1.47.